The molecular weight excluding hydrogens is 342 g/mol. The molecule has 2 aromatic rings. The Bertz CT molecular complexity index is 754. The predicted octanol–water partition coefficient (Wildman–Crippen LogP) is 3.74. The SMILES string of the molecule is O=C(O)CCCOc1ccc(CNC(=O)C(c2ccccc2)C2CC2)cc1. The van der Waals surface area contributed by atoms with Crippen molar-refractivity contribution in [3.63, 3.8) is 0 Å². The van der Waals surface area contributed by atoms with Crippen molar-refractivity contribution < 1.29 is 19.4 Å². The molecule has 27 heavy (non-hydrogen) atoms. The molecule has 142 valence electrons. The third-order valence-corrected chi connectivity index (χ3v) is 4.73. The zero-order valence-electron chi connectivity index (χ0n) is 15.3. The summed E-state index contributed by atoms with van der Waals surface area (Å²) in [6, 6.07) is 17.5. The molecule has 1 aliphatic rings. The van der Waals surface area contributed by atoms with Crippen LogP contribution in [0, 0.1) is 5.92 Å². The van der Waals surface area contributed by atoms with Gasteiger partial charge in [-0.3, -0.25) is 9.59 Å². The fourth-order valence-electron chi connectivity index (χ4n) is 3.14. The second-order valence-electron chi connectivity index (χ2n) is 6.93. The summed E-state index contributed by atoms with van der Waals surface area (Å²) in [5.74, 6) is 0.356. The summed E-state index contributed by atoms with van der Waals surface area (Å²) in [6.07, 6.45) is 2.81. The fourth-order valence-corrected chi connectivity index (χ4v) is 3.14. The summed E-state index contributed by atoms with van der Waals surface area (Å²) in [4.78, 5) is 23.2. The summed E-state index contributed by atoms with van der Waals surface area (Å²) < 4.78 is 5.52. The molecule has 5 heteroatoms. The van der Waals surface area contributed by atoms with Gasteiger partial charge in [-0.15, -0.1) is 0 Å². The van der Waals surface area contributed by atoms with Crippen LogP contribution in [-0.4, -0.2) is 23.6 Å². The maximum Gasteiger partial charge on any atom is 0.303 e. The fraction of sp³-hybridized carbons (Fsp3) is 0.364. The Labute approximate surface area is 159 Å². The van der Waals surface area contributed by atoms with E-state index in [4.69, 9.17) is 9.84 Å². The van der Waals surface area contributed by atoms with E-state index in [1.54, 1.807) is 0 Å². The highest BCUT2D eigenvalue weighted by atomic mass is 16.5. The first-order chi connectivity index (χ1) is 13.1. The smallest absolute Gasteiger partial charge is 0.303 e. The molecule has 0 aromatic heterocycles. The van der Waals surface area contributed by atoms with E-state index in [2.05, 4.69) is 5.32 Å². The number of rotatable bonds is 10. The molecule has 1 fully saturated rings. The first kappa shape index (κ1) is 19.0. The number of ether oxygens (including phenoxy) is 1. The molecule has 1 aliphatic carbocycles. The molecule has 1 amide bonds. The lowest BCUT2D eigenvalue weighted by atomic mass is 9.93. The number of carbonyl (C=O) groups is 2. The van der Waals surface area contributed by atoms with Gasteiger partial charge >= 0.3 is 5.97 Å². The molecule has 1 unspecified atom stereocenters. The lowest BCUT2D eigenvalue weighted by Crippen LogP contribution is -2.30. The largest absolute Gasteiger partial charge is 0.494 e. The van der Waals surface area contributed by atoms with Gasteiger partial charge < -0.3 is 15.2 Å². The van der Waals surface area contributed by atoms with Crippen molar-refractivity contribution in [1.82, 2.24) is 5.32 Å². The van der Waals surface area contributed by atoms with Crippen LogP contribution in [0.1, 0.15) is 42.7 Å². The first-order valence-corrected chi connectivity index (χ1v) is 9.39. The number of hydrogen-bond donors (Lipinski definition) is 2. The summed E-state index contributed by atoms with van der Waals surface area (Å²) >= 11 is 0. The zero-order valence-corrected chi connectivity index (χ0v) is 15.3. The highest BCUT2D eigenvalue weighted by Gasteiger charge is 2.36. The van der Waals surface area contributed by atoms with Gasteiger partial charge in [-0.1, -0.05) is 42.5 Å². The van der Waals surface area contributed by atoms with E-state index in [1.165, 1.54) is 0 Å². The molecular formula is C22H25NO4. The number of nitrogens with one attached hydrogen (secondary N) is 1. The van der Waals surface area contributed by atoms with E-state index < -0.39 is 5.97 Å². The molecule has 1 saturated carbocycles. The number of carboxylic acids is 1. The maximum absolute atomic E-state index is 12.7. The molecule has 2 aromatic carbocycles. The van der Waals surface area contributed by atoms with Gasteiger partial charge in [-0.25, -0.2) is 0 Å². The van der Waals surface area contributed by atoms with Crippen LogP contribution in [0.5, 0.6) is 5.75 Å². The Morgan fingerprint density at radius 2 is 1.78 bits per heavy atom. The van der Waals surface area contributed by atoms with Crippen molar-refractivity contribution in [1.29, 1.82) is 0 Å². The number of carboxylic acid groups (broad SMARTS) is 1. The van der Waals surface area contributed by atoms with E-state index in [1.807, 2.05) is 54.6 Å². The van der Waals surface area contributed by atoms with Crippen molar-refractivity contribution in [3.05, 3.63) is 65.7 Å². The van der Waals surface area contributed by atoms with Gasteiger partial charge in [0.25, 0.3) is 0 Å². The molecule has 0 bridgehead atoms. The normalized spacial score (nSPS) is 14.4. The van der Waals surface area contributed by atoms with Crippen LogP contribution in [-0.2, 0) is 16.1 Å². The molecule has 0 saturated heterocycles. The summed E-state index contributed by atoms with van der Waals surface area (Å²) in [6.45, 7) is 0.858. The second kappa shape index (κ2) is 9.21. The zero-order chi connectivity index (χ0) is 19.1. The number of amides is 1. The molecule has 0 radical (unpaired) electrons. The van der Waals surface area contributed by atoms with Gasteiger partial charge in [0.05, 0.1) is 12.5 Å². The quantitative estimate of drug-likeness (QED) is 0.627. The Morgan fingerprint density at radius 3 is 2.41 bits per heavy atom. The van der Waals surface area contributed by atoms with Crippen LogP contribution in [0.2, 0.25) is 0 Å². The Hall–Kier alpha value is -2.82. The Kier molecular flexibility index (Phi) is 6.47. The van der Waals surface area contributed by atoms with E-state index in [9.17, 15) is 9.59 Å². The molecule has 3 rings (SSSR count). The standard InChI is InChI=1S/C22H25NO4/c24-20(25)7-4-14-27-19-12-8-16(9-13-19)15-23-22(26)21(18-10-11-18)17-5-2-1-3-6-17/h1-3,5-6,8-9,12-13,18,21H,4,7,10-11,14-15H2,(H,23,26)(H,24,25). The first-order valence-electron chi connectivity index (χ1n) is 9.39. The third-order valence-electron chi connectivity index (χ3n) is 4.73. The molecule has 0 heterocycles. The minimum Gasteiger partial charge on any atom is -0.494 e. The van der Waals surface area contributed by atoms with Crippen LogP contribution < -0.4 is 10.1 Å². The number of hydrogen-bond acceptors (Lipinski definition) is 3. The number of benzene rings is 2. The number of carbonyl (C=O) groups excluding carboxylic acids is 1. The van der Waals surface area contributed by atoms with Crippen molar-refractivity contribution in [2.75, 3.05) is 6.61 Å². The monoisotopic (exact) mass is 367 g/mol. The second-order valence-corrected chi connectivity index (χ2v) is 6.93. The lowest BCUT2D eigenvalue weighted by Gasteiger charge is -2.17. The van der Waals surface area contributed by atoms with Crippen molar-refractivity contribution in [3.8, 4) is 5.75 Å². The Balaban J connectivity index is 1.49. The highest BCUT2D eigenvalue weighted by molar-refractivity contribution is 5.84. The minimum absolute atomic E-state index is 0.0666. The van der Waals surface area contributed by atoms with Crippen LogP contribution in [0.3, 0.4) is 0 Å². The molecule has 5 nitrogen and oxygen atoms in total. The van der Waals surface area contributed by atoms with Gasteiger partial charge in [0.2, 0.25) is 5.91 Å². The van der Waals surface area contributed by atoms with Crippen LogP contribution >= 0.6 is 0 Å². The van der Waals surface area contributed by atoms with Crippen LogP contribution in [0.4, 0.5) is 0 Å². The van der Waals surface area contributed by atoms with E-state index in [-0.39, 0.29) is 18.2 Å². The average molecular weight is 367 g/mol. The summed E-state index contributed by atoms with van der Waals surface area (Å²) in [5.41, 5.74) is 2.09. The van der Waals surface area contributed by atoms with Crippen molar-refractivity contribution >= 4 is 11.9 Å². The topological polar surface area (TPSA) is 75.6 Å². The van der Waals surface area contributed by atoms with Gasteiger partial charge in [0.1, 0.15) is 5.75 Å². The maximum atomic E-state index is 12.7. The summed E-state index contributed by atoms with van der Waals surface area (Å²) in [5, 5.41) is 11.7. The third kappa shape index (κ3) is 5.84. The van der Waals surface area contributed by atoms with E-state index >= 15 is 0 Å². The summed E-state index contributed by atoms with van der Waals surface area (Å²) in [7, 11) is 0. The predicted molar refractivity (Wildman–Crippen MR) is 103 cm³/mol. The van der Waals surface area contributed by atoms with Crippen molar-refractivity contribution in [2.45, 2.75) is 38.1 Å². The molecule has 1 atom stereocenters. The molecule has 0 spiro atoms. The van der Waals surface area contributed by atoms with Crippen LogP contribution in [0.25, 0.3) is 0 Å². The molecule has 2 N–H and O–H groups in total. The molecule has 0 aliphatic heterocycles. The van der Waals surface area contributed by atoms with Crippen LogP contribution in [0.15, 0.2) is 54.6 Å². The van der Waals surface area contributed by atoms with Gasteiger partial charge in [-0.2, -0.15) is 0 Å². The van der Waals surface area contributed by atoms with Crippen molar-refractivity contribution in [2.24, 2.45) is 5.92 Å². The van der Waals surface area contributed by atoms with Gasteiger partial charge in [-0.05, 0) is 48.4 Å². The highest BCUT2D eigenvalue weighted by Crippen LogP contribution is 2.42. The Morgan fingerprint density at radius 1 is 1.07 bits per heavy atom. The average Bonchev–Trinajstić information content (AvgIpc) is 3.50. The minimum atomic E-state index is -0.815. The number of aliphatic carboxylic acids is 1. The van der Waals surface area contributed by atoms with Gasteiger partial charge in [0.15, 0.2) is 0 Å². The lowest BCUT2D eigenvalue weighted by molar-refractivity contribution is -0.137. The van der Waals surface area contributed by atoms with E-state index in [0.717, 1.165) is 24.0 Å². The van der Waals surface area contributed by atoms with Gasteiger partial charge in [0, 0.05) is 13.0 Å². The van der Waals surface area contributed by atoms with E-state index in [0.29, 0.717) is 31.2 Å².